The predicted octanol–water partition coefficient (Wildman–Crippen LogP) is 2.45. The molecule has 0 atom stereocenters. The fourth-order valence-corrected chi connectivity index (χ4v) is 1.67. The van der Waals surface area contributed by atoms with Crippen LogP contribution >= 0.6 is 0 Å². The van der Waals surface area contributed by atoms with Gasteiger partial charge < -0.3 is 14.0 Å². The van der Waals surface area contributed by atoms with Crippen molar-refractivity contribution in [3.05, 3.63) is 35.5 Å². The van der Waals surface area contributed by atoms with Gasteiger partial charge in [0.2, 0.25) is 0 Å². The first-order valence-corrected chi connectivity index (χ1v) is 5.36. The minimum absolute atomic E-state index is 0.339. The van der Waals surface area contributed by atoms with Gasteiger partial charge in [-0.15, -0.1) is 0 Å². The molecule has 0 bridgehead atoms. The summed E-state index contributed by atoms with van der Waals surface area (Å²) in [5.41, 5.74) is 1.56. The maximum Gasteiger partial charge on any atom is 0.343 e. The van der Waals surface area contributed by atoms with Crippen LogP contribution in [0.3, 0.4) is 0 Å². The highest BCUT2D eigenvalue weighted by Crippen LogP contribution is 2.29. The van der Waals surface area contributed by atoms with E-state index in [1.165, 1.54) is 7.11 Å². The summed E-state index contributed by atoms with van der Waals surface area (Å²) in [6.45, 7) is 1.69. The first-order valence-electron chi connectivity index (χ1n) is 5.36. The van der Waals surface area contributed by atoms with Crippen molar-refractivity contribution in [2.45, 2.75) is 6.92 Å². The Balaban J connectivity index is 2.53. The van der Waals surface area contributed by atoms with Crippen molar-refractivity contribution in [1.29, 1.82) is 0 Å². The third-order valence-electron chi connectivity index (χ3n) is 2.58. The fraction of sp³-hybridized carbons (Fsp3) is 0.231. The topological polar surface area (TPSA) is 61.6 Å². The van der Waals surface area contributed by atoms with Crippen LogP contribution in [0.2, 0.25) is 0 Å². The number of esters is 1. The van der Waals surface area contributed by atoms with E-state index in [9.17, 15) is 4.79 Å². The van der Waals surface area contributed by atoms with Gasteiger partial charge in [-0.05, 0) is 19.1 Å². The van der Waals surface area contributed by atoms with Crippen LogP contribution in [0.25, 0.3) is 11.3 Å². The average molecular weight is 247 g/mol. The molecule has 1 aromatic heterocycles. The fourth-order valence-electron chi connectivity index (χ4n) is 1.67. The molecule has 0 saturated heterocycles. The van der Waals surface area contributed by atoms with Gasteiger partial charge in [0.15, 0.2) is 5.76 Å². The highest BCUT2D eigenvalue weighted by atomic mass is 16.5. The summed E-state index contributed by atoms with van der Waals surface area (Å²) in [7, 11) is 2.90. The first kappa shape index (κ1) is 12.2. The SMILES string of the molecule is COC(=O)c1c(C)noc1-c1cccc(OC)c1. The number of rotatable bonds is 3. The molecule has 94 valence electrons. The van der Waals surface area contributed by atoms with E-state index in [0.717, 1.165) is 5.56 Å². The summed E-state index contributed by atoms with van der Waals surface area (Å²) < 4.78 is 15.1. The maximum absolute atomic E-state index is 11.7. The predicted molar refractivity (Wildman–Crippen MR) is 64.6 cm³/mol. The van der Waals surface area contributed by atoms with E-state index in [1.807, 2.05) is 18.2 Å². The standard InChI is InChI=1S/C13H13NO4/c1-8-11(13(15)17-3)12(18-14-8)9-5-4-6-10(7-9)16-2/h4-7H,1-3H3. The number of hydrogen-bond donors (Lipinski definition) is 0. The van der Waals surface area contributed by atoms with E-state index < -0.39 is 5.97 Å². The van der Waals surface area contributed by atoms with Crippen molar-refractivity contribution in [3.63, 3.8) is 0 Å². The van der Waals surface area contributed by atoms with Gasteiger partial charge in [0.25, 0.3) is 0 Å². The molecule has 2 rings (SSSR count). The first-order chi connectivity index (χ1) is 8.67. The van der Waals surface area contributed by atoms with Crippen LogP contribution in [0, 0.1) is 6.92 Å². The Bertz CT molecular complexity index is 574. The second-order valence-electron chi connectivity index (χ2n) is 3.70. The van der Waals surface area contributed by atoms with Crippen molar-refractivity contribution < 1.29 is 18.8 Å². The number of methoxy groups -OCH3 is 2. The van der Waals surface area contributed by atoms with Gasteiger partial charge in [-0.3, -0.25) is 0 Å². The molecule has 0 spiro atoms. The van der Waals surface area contributed by atoms with Crippen molar-refractivity contribution in [1.82, 2.24) is 5.16 Å². The molecule has 2 aromatic rings. The molecular weight excluding hydrogens is 234 g/mol. The van der Waals surface area contributed by atoms with Gasteiger partial charge in [0, 0.05) is 5.56 Å². The lowest BCUT2D eigenvalue weighted by molar-refractivity contribution is 0.0600. The normalized spacial score (nSPS) is 10.2. The number of benzene rings is 1. The molecule has 5 nitrogen and oxygen atoms in total. The second kappa shape index (κ2) is 4.91. The summed E-state index contributed by atoms with van der Waals surface area (Å²) in [6, 6.07) is 7.21. The number of nitrogens with zero attached hydrogens (tertiary/aromatic N) is 1. The largest absolute Gasteiger partial charge is 0.497 e. The lowest BCUT2D eigenvalue weighted by Gasteiger charge is -2.03. The Labute approximate surface area is 104 Å². The molecule has 0 N–H and O–H groups in total. The molecular formula is C13H13NO4. The average Bonchev–Trinajstić information content (AvgIpc) is 2.80. The van der Waals surface area contributed by atoms with Gasteiger partial charge in [-0.1, -0.05) is 17.3 Å². The second-order valence-corrected chi connectivity index (χ2v) is 3.70. The zero-order valence-electron chi connectivity index (χ0n) is 10.4. The number of aromatic nitrogens is 1. The zero-order chi connectivity index (χ0) is 13.1. The van der Waals surface area contributed by atoms with E-state index in [0.29, 0.717) is 22.8 Å². The quantitative estimate of drug-likeness (QED) is 0.779. The molecule has 0 unspecified atom stereocenters. The van der Waals surface area contributed by atoms with Crippen molar-refractivity contribution in [2.24, 2.45) is 0 Å². The van der Waals surface area contributed by atoms with E-state index in [-0.39, 0.29) is 0 Å². The Morgan fingerprint density at radius 1 is 1.33 bits per heavy atom. The molecule has 1 heterocycles. The lowest BCUT2D eigenvalue weighted by Crippen LogP contribution is -2.03. The minimum atomic E-state index is -0.466. The summed E-state index contributed by atoms with van der Waals surface area (Å²) in [5, 5.41) is 3.80. The number of carbonyl (C=O) groups is 1. The third kappa shape index (κ3) is 2.07. The Morgan fingerprint density at radius 3 is 2.78 bits per heavy atom. The molecule has 0 saturated carbocycles. The Morgan fingerprint density at radius 2 is 2.11 bits per heavy atom. The van der Waals surface area contributed by atoms with E-state index in [2.05, 4.69) is 5.16 Å². The molecule has 18 heavy (non-hydrogen) atoms. The van der Waals surface area contributed by atoms with Crippen LogP contribution in [-0.2, 0) is 4.74 Å². The summed E-state index contributed by atoms with van der Waals surface area (Å²) in [4.78, 5) is 11.7. The zero-order valence-corrected chi connectivity index (χ0v) is 10.4. The van der Waals surface area contributed by atoms with Gasteiger partial charge >= 0.3 is 5.97 Å². The van der Waals surface area contributed by atoms with E-state index in [1.54, 1.807) is 20.1 Å². The van der Waals surface area contributed by atoms with Crippen LogP contribution in [0.1, 0.15) is 16.1 Å². The minimum Gasteiger partial charge on any atom is -0.497 e. The van der Waals surface area contributed by atoms with Gasteiger partial charge in [-0.25, -0.2) is 4.79 Å². The maximum atomic E-state index is 11.7. The molecule has 0 fully saturated rings. The molecule has 1 aromatic carbocycles. The number of carbonyl (C=O) groups excluding carboxylic acids is 1. The van der Waals surface area contributed by atoms with E-state index >= 15 is 0 Å². The van der Waals surface area contributed by atoms with Crippen molar-refractivity contribution in [2.75, 3.05) is 14.2 Å². The van der Waals surface area contributed by atoms with Gasteiger partial charge in [0.05, 0.1) is 19.9 Å². The summed E-state index contributed by atoms with van der Waals surface area (Å²) in [6.07, 6.45) is 0. The monoisotopic (exact) mass is 247 g/mol. The smallest absolute Gasteiger partial charge is 0.343 e. The third-order valence-corrected chi connectivity index (χ3v) is 2.58. The number of ether oxygens (including phenoxy) is 2. The van der Waals surface area contributed by atoms with Gasteiger partial charge in [-0.2, -0.15) is 0 Å². The molecule has 0 amide bonds. The van der Waals surface area contributed by atoms with Gasteiger partial charge in [0.1, 0.15) is 11.3 Å². The number of hydrogen-bond acceptors (Lipinski definition) is 5. The van der Waals surface area contributed by atoms with Crippen LogP contribution in [0.15, 0.2) is 28.8 Å². The van der Waals surface area contributed by atoms with Crippen LogP contribution in [-0.4, -0.2) is 25.3 Å². The van der Waals surface area contributed by atoms with Crippen molar-refractivity contribution in [3.8, 4) is 17.1 Å². The molecule has 5 heteroatoms. The highest BCUT2D eigenvalue weighted by molar-refractivity contribution is 5.96. The summed E-state index contributed by atoms with van der Waals surface area (Å²) in [5.74, 6) is 0.599. The van der Waals surface area contributed by atoms with Crippen LogP contribution < -0.4 is 4.74 Å². The molecule has 0 radical (unpaired) electrons. The Hall–Kier alpha value is -2.30. The highest BCUT2D eigenvalue weighted by Gasteiger charge is 2.22. The van der Waals surface area contributed by atoms with Crippen LogP contribution in [0.5, 0.6) is 5.75 Å². The Kier molecular flexibility index (Phi) is 3.32. The van der Waals surface area contributed by atoms with Crippen molar-refractivity contribution >= 4 is 5.97 Å². The molecule has 0 aliphatic rings. The molecule has 0 aliphatic heterocycles. The number of aryl methyl sites for hydroxylation is 1. The lowest BCUT2D eigenvalue weighted by atomic mass is 10.1. The summed E-state index contributed by atoms with van der Waals surface area (Å²) >= 11 is 0. The van der Waals surface area contributed by atoms with E-state index in [4.69, 9.17) is 14.0 Å². The van der Waals surface area contributed by atoms with Crippen LogP contribution in [0.4, 0.5) is 0 Å². The molecule has 0 aliphatic carbocycles.